The van der Waals surface area contributed by atoms with Crippen molar-refractivity contribution in [2.75, 3.05) is 17.2 Å². The van der Waals surface area contributed by atoms with E-state index < -0.39 is 18.0 Å². The number of aryl methyl sites for hydroxylation is 1. The monoisotopic (exact) mass is 446 g/mol. The molecule has 0 spiro atoms. The van der Waals surface area contributed by atoms with Crippen LogP contribution in [0, 0.1) is 6.92 Å². The second-order valence-corrected chi connectivity index (χ2v) is 7.87. The van der Waals surface area contributed by atoms with Crippen molar-refractivity contribution in [1.82, 2.24) is 0 Å². The van der Waals surface area contributed by atoms with Crippen molar-refractivity contribution < 1.29 is 23.9 Å². The molecule has 2 N–H and O–H groups in total. The van der Waals surface area contributed by atoms with Crippen molar-refractivity contribution in [3.63, 3.8) is 0 Å². The largest absolute Gasteiger partial charge is 0.482 e. The summed E-state index contributed by atoms with van der Waals surface area (Å²) in [5.74, 6) is -0.610. The van der Waals surface area contributed by atoms with E-state index in [1.807, 2.05) is 26.8 Å². The minimum atomic E-state index is -1.01. The van der Waals surface area contributed by atoms with Crippen LogP contribution in [0.5, 0.6) is 5.75 Å². The zero-order valence-electron chi connectivity index (χ0n) is 18.2. The van der Waals surface area contributed by atoms with Crippen LogP contribution in [0.2, 0.25) is 5.02 Å². The van der Waals surface area contributed by atoms with Crippen molar-refractivity contribution in [3.8, 4) is 5.75 Å². The van der Waals surface area contributed by atoms with E-state index in [0.29, 0.717) is 22.1 Å². The van der Waals surface area contributed by atoms with Crippen LogP contribution in [0.1, 0.15) is 44.7 Å². The number of ether oxygens (including phenoxy) is 2. The highest BCUT2D eigenvalue weighted by molar-refractivity contribution is 6.31. The normalized spacial score (nSPS) is 11.6. The summed E-state index contributed by atoms with van der Waals surface area (Å²) in [6, 6.07) is 10.2. The molecule has 2 aromatic rings. The summed E-state index contributed by atoms with van der Waals surface area (Å²) in [7, 11) is 0. The lowest BCUT2D eigenvalue weighted by Crippen LogP contribution is -2.31. The van der Waals surface area contributed by atoms with Gasteiger partial charge in [0.2, 0.25) is 5.91 Å². The summed E-state index contributed by atoms with van der Waals surface area (Å²) in [6.45, 7) is 8.41. The number of hydrogen-bond acceptors (Lipinski definition) is 5. The fraction of sp³-hybridized carbons (Fsp3) is 0.348. The molecule has 1 unspecified atom stereocenters. The summed E-state index contributed by atoms with van der Waals surface area (Å²) >= 11 is 6.18. The van der Waals surface area contributed by atoms with Gasteiger partial charge in [-0.1, -0.05) is 25.4 Å². The molecule has 0 radical (unpaired) electrons. The van der Waals surface area contributed by atoms with Crippen LogP contribution in [0.4, 0.5) is 11.4 Å². The quantitative estimate of drug-likeness (QED) is 0.574. The lowest BCUT2D eigenvalue weighted by atomic mass is 10.0. The first-order chi connectivity index (χ1) is 14.6. The highest BCUT2D eigenvalue weighted by atomic mass is 35.5. The first-order valence-corrected chi connectivity index (χ1v) is 10.3. The predicted molar refractivity (Wildman–Crippen MR) is 121 cm³/mol. The smallest absolute Gasteiger partial charge is 0.344 e. The number of carbonyl (C=O) groups is 3. The third kappa shape index (κ3) is 7.29. The molecule has 0 heterocycles. The number of anilines is 2. The summed E-state index contributed by atoms with van der Waals surface area (Å²) in [5.41, 5.74) is 2.85. The van der Waals surface area contributed by atoms with E-state index in [-0.39, 0.29) is 18.4 Å². The van der Waals surface area contributed by atoms with Gasteiger partial charge in [0.05, 0.1) is 0 Å². The van der Waals surface area contributed by atoms with Crippen LogP contribution < -0.4 is 15.4 Å². The van der Waals surface area contributed by atoms with Crippen molar-refractivity contribution in [2.45, 2.75) is 46.6 Å². The number of rotatable bonds is 8. The third-order valence-electron chi connectivity index (χ3n) is 4.41. The van der Waals surface area contributed by atoms with Crippen molar-refractivity contribution in [2.24, 2.45) is 0 Å². The second kappa shape index (κ2) is 10.8. The Labute approximate surface area is 187 Å². The van der Waals surface area contributed by atoms with Crippen LogP contribution in [-0.2, 0) is 19.1 Å². The van der Waals surface area contributed by atoms with Crippen LogP contribution in [0.25, 0.3) is 0 Å². The molecule has 0 saturated carbocycles. The van der Waals surface area contributed by atoms with Gasteiger partial charge in [-0.05, 0) is 67.3 Å². The van der Waals surface area contributed by atoms with E-state index >= 15 is 0 Å². The summed E-state index contributed by atoms with van der Waals surface area (Å²) in [5, 5.41) is 5.92. The molecule has 0 aromatic heterocycles. The topological polar surface area (TPSA) is 93.7 Å². The van der Waals surface area contributed by atoms with E-state index in [4.69, 9.17) is 21.1 Å². The Balaban J connectivity index is 1.90. The van der Waals surface area contributed by atoms with Gasteiger partial charge < -0.3 is 20.1 Å². The number of benzene rings is 2. The number of esters is 1. The minimum Gasteiger partial charge on any atom is -0.482 e. The van der Waals surface area contributed by atoms with E-state index in [9.17, 15) is 14.4 Å². The standard InChI is InChI=1S/C23H27ClN2O5/c1-13(2)19-11-20(24)14(3)10-21(19)30-12-22(28)31-15(4)23(29)26-18-8-6-17(7-9-18)25-16(5)27/h6-11,13,15H,12H2,1-5H3,(H,25,27)(H,26,29). The zero-order chi connectivity index (χ0) is 23.1. The highest BCUT2D eigenvalue weighted by Crippen LogP contribution is 2.32. The van der Waals surface area contributed by atoms with Gasteiger partial charge in [0, 0.05) is 23.3 Å². The first kappa shape index (κ1) is 24.2. The number of amides is 2. The Bertz CT molecular complexity index is 957. The molecular formula is C23H27ClN2O5. The van der Waals surface area contributed by atoms with Gasteiger partial charge in [0.15, 0.2) is 12.7 Å². The molecular weight excluding hydrogens is 420 g/mol. The molecule has 166 valence electrons. The van der Waals surface area contributed by atoms with E-state index in [2.05, 4.69) is 10.6 Å². The SMILES string of the molecule is CC(=O)Nc1ccc(NC(=O)C(C)OC(=O)COc2cc(C)c(Cl)cc2C(C)C)cc1. The molecule has 0 bridgehead atoms. The van der Waals surface area contributed by atoms with Crippen LogP contribution >= 0.6 is 11.6 Å². The van der Waals surface area contributed by atoms with Gasteiger partial charge in [-0.3, -0.25) is 9.59 Å². The van der Waals surface area contributed by atoms with Gasteiger partial charge in [-0.15, -0.1) is 0 Å². The van der Waals surface area contributed by atoms with E-state index in [1.165, 1.54) is 13.8 Å². The second-order valence-electron chi connectivity index (χ2n) is 7.46. The molecule has 8 heteroatoms. The van der Waals surface area contributed by atoms with Crippen LogP contribution in [0.3, 0.4) is 0 Å². The number of carbonyl (C=O) groups excluding carboxylic acids is 3. The van der Waals surface area contributed by atoms with E-state index in [1.54, 1.807) is 30.3 Å². The van der Waals surface area contributed by atoms with Crippen molar-refractivity contribution in [1.29, 1.82) is 0 Å². The molecule has 0 fully saturated rings. The number of halogens is 1. The van der Waals surface area contributed by atoms with E-state index in [0.717, 1.165) is 11.1 Å². The Morgan fingerprint density at radius 2 is 1.58 bits per heavy atom. The minimum absolute atomic E-state index is 0.158. The molecule has 7 nitrogen and oxygen atoms in total. The summed E-state index contributed by atoms with van der Waals surface area (Å²) in [4.78, 5) is 35.5. The molecule has 1 atom stereocenters. The number of hydrogen-bond donors (Lipinski definition) is 2. The molecule has 2 amide bonds. The van der Waals surface area contributed by atoms with Gasteiger partial charge in [0.25, 0.3) is 5.91 Å². The molecule has 31 heavy (non-hydrogen) atoms. The maximum atomic E-state index is 12.3. The molecule has 2 rings (SSSR count). The lowest BCUT2D eigenvalue weighted by Gasteiger charge is -2.17. The fourth-order valence-corrected chi connectivity index (χ4v) is 2.92. The first-order valence-electron chi connectivity index (χ1n) is 9.87. The third-order valence-corrected chi connectivity index (χ3v) is 4.82. The Kier molecular flexibility index (Phi) is 8.45. The van der Waals surface area contributed by atoms with Crippen LogP contribution in [-0.4, -0.2) is 30.5 Å². The molecule has 0 aliphatic carbocycles. The average Bonchev–Trinajstić information content (AvgIpc) is 2.69. The van der Waals surface area contributed by atoms with Gasteiger partial charge in [-0.25, -0.2) is 4.79 Å². The highest BCUT2D eigenvalue weighted by Gasteiger charge is 2.19. The van der Waals surface area contributed by atoms with Crippen LogP contribution in [0.15, 0.2) is 36.4 Å². The molecule has 0 aliphatic rings. The Morgan fingerprint density at radius 3 is 2.13 bits per heavy atom. The van der Waals surface area contributed by atoms with Crippen molar-refractivity contribution >= 4 is 40.8 Å². The zero-order valence-corrected chi connectivity index (χ0v) is 19.0. The van der Waals surface area contributed by atoms with Gasteiger partial charge >= 0.3 is 5.97 Å². The Morgan fingerprint density at radius 1 is 1.00 bits per heavy atom. The lowest BCUT2D eigenvalue weighted by molar-refractivity contribution is -0.155. The Hall–Kier alpha value is -3.06. The van der Waals surface area contributed by atoms with Crippen molar-refractivity contribution in [3.05, 3.63) is 52.5 Å². The van der Waals surface area contributed by atoms with Gasteiger partial charge in [0.1, 0.15) is 5.75 Å². The maximum absolute atomic E-state index is 12.3. The molecule has 2 aromatic carbocycles. The molecule has 0 aliphatic heterocycles. The van der Waals surface area contributed by atoms with Gasteiger partial charge in [-0.2, -0.15) is 0 Å². The fourth-order valence-electron chi connectivity index (χ4n) is 2.75. The average molecular weight is 447 g/mol. The maximum Gasteiger partial charge on any atom is 0.344 e. The number of nitrogens with one attached hydrogen (secondary N) is 2. The molecule has 0 saturated heterocycles. The summed E-state index contributed by atoms with van der Waals surface area (Å²) in [6.07, 6.45) is -1.01. The predicted octanol–water partition coefficient (Wildman–Crippen LogP) is 4.68. The summed E-state index contributed by atoms with van der Waals surface area (Å²) < 4.78 is 10.8.